The van der Waals surface area contributed by atoms with Gasteiger partial charge in [0.15, 0.2) is 0 Å². The Morgan fingerprint density at radius 3 is 2.65 bits per heavy atom. The van der Waals surface area contributed by atoms with Gasteiger partial charge in [0.1, 0.15) is 5.75 Å². The van der Waals surface area contributed by atoms with Crippen LogP contribution in [0.25, 0.3) is 11.3 Å². The second kappa shape index (κ2) is 6.73. The third kappa shape index (κ3) is 3.30. The highest BCUT2D eigenvalue weighted by Gasteiger charge is 2.07. The first-order valence-electron chi connectivity index (χ1n) is 6.67. The van der Waals surface area contributed by atoms with E-state index in [2.05, 4.69) is 23.3 Å². The number of nitrogens with zero attached hydrogens (tertiary/aromatic N) is 1. The Morgan fingerprint density at radius 1 is 1.25 bits per heavy atom. The van der Waals surface area contributed by atoms with Crippen LogP contribution in [0.15, 0.2) is 30.3 Å². The molecule has 0 saturated carbocycles. The van der Waals surface area contributed by atoms with Crippen LogP contribution in [0.3, 0.4) is 0 Å². The molecular formula is C16H19ClN2O. The van der Waals surface area contributed by atoms with Crippen molar-refractivity contribution in [2.45, 2.75) is 20.4 Å². The van der Waals surface area contributed by atoms with Gasteiger partial charge >= 0.3 is 0 Å². The molecule has 0 amide bonds. The van der Waals surface area contributed by atoms with E-state index >= 15 is 0 Å². The number of aromatic nitrogens is 1. The molecule has 106 valence electrons. The van der Waals surface area contributed by atoms with Crippen molar-refractivity contribution in [2.24, 2.45) is 0 Å². The van der Waals surface area contributed by atoms with Gasteiger partial charge in [0.05, 0.1) is 17.8 Å². The van der Waals surface area contributed by atoms with Crippen LogP contribution in [-0.2, 0) is 6.54 Å². The van der Waals surface area contributed by atoms with E-state index in [0.717, 1.165) is 30.0 Å². The molecule has 20 heavy (non-hydrogen) atoms. The quantitative estimate of drug-likeness (QED) is 0.909. The van der Waals surface area contributed by atoms with Crippen LogP contribution in [0.5, 0.6) is 5.75 Å². The number of halogens is 1. The zero-order valence-electron chi connectivity index (χ0n) is 12.0. The van der Waals surface area contributed by atoms with Crippen LogP contribution >= 0.6 is 11.6 Å². The summed E-state index contributed by atoms with van der Waals surface area (Å²) in [5.41, 5.74) is 4.17. The van der Waals surface area contributed by atoms with Gasteiger partial charge in [0.2, 0.25) is 0 Å². The minimum atomic E-state index is 0.598. The largest absolute Gasteiger partial charge is 0.495 e. The van der Waals surface area contributed by atoms with E-state index in [1.54, 1.807) is 7.11 Å². The maximum absolute atomic E-state index is 6.16. The fraction of sp³-hybridized carbons (Fsp3) is 0.312. The molecule has 0 aliphatic rings. The first kappa shape index (κ1) is 14.8. The summed E-state index contributed by atoms with van der Waals surface area (Å²) in [4.78, 5) is 4.65. The number of methoxy groups -OCH3 is 1. The highest BCUT2D eigenvalue weighted by molar-refractivity contribution is 6.32. The summed E-state index contributed by atoms with van der Waals surface area (Å²) in [7, 11) is 1.61. The number of aryl methyl sites for hydroxylation is 1. The average Bonchev–Trinajstić information content (AvgIpc) is 2.46. The average molecular weight is 291 g/mol. The van der Waals surface area contributed by atoms with Gasteiger partial charge < -0.3 is 10.1 Å². The molecule has 1 heterocycles. The molecule has 1 N–H and O–H groups in total. The lowest BCUT2D eigenvalue weighted by atomic mass is 10.1. The van der Waals surface area contributed by atoms with Crippen molar-refractivity contribution >= 4 is 11.6 Å². The Morgan fingerprint density at radius 2 is 2.05 bits per heavy atom. The molecule has 0 radical (unpaired) electrons. The van der Waals surface area contributed by atoms with Crippen molar-refractivity contribution in [2.75, 3.05) is 13.7 Å². The Balaban J connectivity index is 2.29. The molecule has 0 fully saturated rings. The van der Waals surface area contributed by atoms with Crippen molar-refractivity contribution in [1.29, 1.82) is 0 Å². The highest BCUT2D eigenvalue weighted by atomic mass is 35.5. The predicted octanol–water partition coefficient (Wildman–Crippen LogP) is 3.83. The van der Waals surface area contributed by atoms with Crippen molar-refractivity contribution in [3.05, 3.63) is 46.6 Å². The summed E-state index contributed by atoms with van der Waals surface area (Å²) in [6, 6.07) is 9.85. The van der Waals surface area contributed by atoms with Crippen LogP contribution in [0.4, 0.5) is 0 Å². The number of ether oxygens (including phenoxy) is 1. The topological polar surface area (TPSA) is 34.1 Å². The van der Waals surface area contributed by atoms with Crippen LogP contribution in [0, 0.1) is 6.92 Å². The van der Waals surface area contributed by atoms with Gasteiger partial charge in [-0.15, -0.1) is 0 Å². The summed E-state index contributed by atoms with van der Waals surface area (Å²) < 4.78 is 5.16. The van der Waals surface area contributed by atoms with E-state index in [4.69, 9.17) is 16.3 Å². The summed E-state index contributed by atoms with van der Waals surface area (Å²) in [5, 5.41) is 3.91. The van der Waals surface area contributed by atoms with E-state index in [0.29, 0.717) is 10.8 Å². The molecule has 0 spiro atoms. The lowest BCUT2D eigenvalue weighted by Crippen LogP contribution is -2.13. The molecule has 0 saturated heterocycles. The Labute approximate surface area is 124 Å². The Hall–Kier alpha value is -1.58. The fourth-order valence-electron chi connectivity index (χ4n) is 2.02. The summed E-state index contributed by atoms with van der Waals surface area (Å²) in [5.74, 6) is 0.677. The van der Waals surface area contributed by atoms with Gasteiger partial charge in [-0.2, -0.15) is 0 Å². The smallest absolute Gasteiger partial charge is 0.137 e. The predicted molar refractivity (Wildman–Crippen MR) is 83.4 cm³/mol. The van der Waals surface area contributed by atoms with Gasteiger partial charge in [-0.3, -0.25) is 4.98 Å². The van der Waals surface area contributed by atoms with Gasteiger partial charge in [0, 0.05) is 17.8 Å². The van der Waals surface area contributed by atoms with Crippen LogP contribution < -0.4 is 10.1 Å². The van der Waals surface area contributed by atoms with Crippen LogP contribution in [0.1, 0.15) is 18.2 Å². The molecule has 1 aromatic carbocycles. The zero-order valence-corrected chi connectivity index (χ0v) is 12.8. The summed E-state index contributed by atoms with van der Waals surface area (Å²) in [6.07, 6.45) is 0. The van der Waals surface area contributed by atoms with E-state index in [1.165, 1.54) is 5.56 Å². The lowest BCUT2D eigenvalue weighted by Gasteiger charge is -2.09. The minimum absolute atomic E-state index is 0.598. The number of pyridine rings is 1. The van der Waals surface area contributed by atoms with Gasteiger partial charge in [-0.25, -0.2) is 0 Å². The normalized spacial score (nSPS) is 10.6. The SMILES string of the molecule is CCNCc1ccc(-c2ccc(OC)c(Cl)c2)nc1C. The zero-order chi connectivity index (χ0) is 14.5. The Bertz CT molecular complexity index is 599. The molecule has 4 heteroatoms. The number of nitrogens with one attached hydrogen (secondary N) is 1. The standard InChI is InChI=1S/C16H19ClN2O/c1-4-18-10-13-5-7-15(19-11(13)2)12-6-8-16(20-3)14(17)9-12/h5-9,18H,4,10H2,1-3H3. The lowest BCUT2D eigenvalue weighted by molar-refractivity contribution is 0.415. The molecule has 0 aliphatic carbocycles. The fourth-order valence-corrected chi connectivity index (χ4v) is 2.28. The molecule has 0 bridgehead atoms. The van der Waals surface area contributed by atoms with Crippen LogP contribution in [0.2, 0.25) is 5.02 Å². The number of benzene rings is 1. The number of rotatable bonds is 5. The highest BCUT2D eigenvalue weighted by Crippen LogP contribution is 2.29. The molecule has 2 rings (SSSR count). The summed E-state index contributed by atoms with van der Waals surface area (Å²) in [6.45, 7) is 5.92. The van der Waals surface area contributed by atoms with E-state index in [9.17, 15) is 0 Å². The maximum atomic E-state index is 6.16. The molecule has 0 unspecified atom stereocenters. The molecule has 0 aliphatic heterocycles. The molecular weight excluding hydrogens is 272 g/mol. The third-order valence-electron chi connectivity index (χ3n) is 3.21. The number of hydrogen-bond acceptors (Lipinski definition) is 3. The third-order valence-corrected chi connectivity index (χ3v) is 3.50. The van der Waals surface area contributed by atoms with E-state index < -0.39 is 0 Å². The molecule has 1 aromatic heterocycles. The second-order valence-electron chi connectivity index (χ2n) is 4.57. The van der Waals surface area contributed by atoms with Crippen molar-refractivity contribution in [1.82, 2.24) is 10.3 Å². The second-order valence-corrected chi connectivity index (χ2v) is 4.98. The van der Waals surface area contributed by atoms with Crippen molar-refractivity contribution in [3.63, 3.8) is 0 Å². The van der Waals surface area contributed by atoms with E-state index in [1.807, 2.05) is 31.2 Å². The van der Waals surface area contributed by atoms with Crippen LogP contribution in [-0.4, -0.2) is 18.6 Å². The minimum Gasteiger partial charge on any atom is -0.495 e. The van der Waals surface area contributed by atoms with Gasteiger partial charge in [-0.05, 0) is 43.3 Å². The first-order valence-corrected chi connectivity index (χ1v) is 7.04. The first-order chi connectivity index (χ1) is 9.65. The molecule has 3 nitrogen and oxygen atoms in total. The van der Waals surface area contributed by atoms with Crippen molar-refractivity contribution in [3.8, 4) is 17.0 Å². The van der Waals surface area contributed by atoms with E-state index in [-0.39, 0.29) is 0 Å². The Kier molecular flexibility index (Phi) is 4.99. The van der Waals surface area contributed by atoms with Gasteiger partial charge in [0.25, 0.3) is 0 Å². The summed E-state index contributed by atoms with van der Waals surface area (Å²) >= 11 is 6.16. The van der Waals surface area contributed by atoms with Gasteiger partial charge in [-0.1, -0.05) is 24.6 Å². The molecule has 0 atom stereocenters. The van der Waals surface area contributed by atoms with Crippen molar-refractivity contribution < 1.29 is 4.74 Å². The number of hydrogen-bond donors (Lipinski definition) is 1. The monoisotopic (exact) mass is 290 g/mol. The maximum Gasteiger partial charge on any atom is 0.137 e. The molecule has 2 aromatic rings.